The molecule has 2 aromatic carbocycles. The first-order valence-electron chi connectivity index (χ1n) is 9.83. The SMILES string of the molecule is COc1cc(OC)cc(C(=O)NCC(c2ccc3c(c2)OCO3)N2CCCC2)c1.Cl. The number of methoxy groups -OCH3 is 2. The van der Waals surface area contributed by atoms with Crippen LogP contribution in [0.25, 0.3) is 0 Å². The molecule has 1 fully saturated rings. The summed E-state index contributed by atoms with van der Waals surface area (Å²) in [4.78, 5) is 15.2. The molecule has 0 bridgehead atoms. The van der Waals surface area contributed by atoms with Crippen molar-refractivity contribution in [2.24, 2.45) is 0 Å². The van der Waals surface area contributed by atoms with Gasteiger partial charge in [-0.2, -0.15) is 0 Å². The molecular weight excluding hydrogens is 408 g/mol. The van der Waals surface area contributed by atoms with E-state index in [1.165, 1.54) is 12.8 Å². The summed E-state index contributed by atoms with van der Waals surface area (Å²) in [6.45, 7) is 2.78. The number of nitrogens with one attached hydrogen (secondary N) is 1. The summed E-state index contributed by atoms with van der Waals surface area (Å²) in [5.74, 6) is 2.53. The minimum atomic E-state index is -0.160. The number of carbonyl (C=O) groups excluding carboxylic acids is 1. The number of rotatable bonds is 7. The van der Waals surface area contributed by atoms with Crippen LogP contribution in [0.15, 0.2) is 36.4 Å². The average molecular weight is 435 g/mol. The van der Waals surface area contributed by atoms with Gasteiger partial charge in [0.25, 0.3) is 5.91 Å². The van der Waals surface area contributed by atoms with Crippen molar-refractivity contribution in [1.82, 2.24) is 10.2 Å². The van der Waals surface area contributed by atoms with Gasteiger partial charge in [-0.1, -0.05) is 6.07 Å². The molecular formula is C22H27ClN2O5. The number of nitrogens with zero attached hydrogens (tertiary/aromatic N) is 1. The van der Waals surface area contributed by atoms with Crippen LogP contribution in [0.4, 0.5) is 0 Å². The Kier molecular flexibility index (Phi) is 7.29. The Morgan fingerprint density at radius 3 is 2.37 bits per heavy atom. The molecule has 30 heavy (non-hydrogen) atoms. The average Bonchev–Trinajstić information content (AvgIpc) is 3.45. The molecule has 2 aliphatic rings. The van der Waals surface area contributed by atoms with Gasteiger partial charge in [-0.05, 0) is 55.8 Å². The molecule has 0 spiro atoms. The third kappa shape index (κ3) is 4.74. The quantitative estimate of drug-likeness (QED) is 0.720. The van der Waals surface area contributed by atoms with Gasteiger partial charge < -0.3 is 24.3 Å². The standard InChI is InChI=1S/C22H26N2O5.ClH/c1-26-17-9-16(10-18(12-17)27-2)22(25)23-13-19(24-7-3-4-8-24)15-5-6-20-21(11-15)29-14-28-20;/h5-6,9-12,19H,3-4,7-8,13-14H2,1-2H3,(H,23,25);1H. The lowest BCUT2D eigenvalue weighted by atomic mass is 10.0. The van der Waals surface area contributed by atoms with Crippen LogP contribution in [-0.2, 0) is 0 Å². The van der Waals surface area contributed by atoms with Crippen molar-refractivity contribution >= 4 is 18.3 Å². The lowest BCUT2D eigenvalue weighted by Gasteiger charge is -2.28. The zero-order valence-corrected chi connectivity index (χ0v) is 18.0. The van der Waals surface area contributed by atoms with Crippen LogP contribution in [0.1, 0.15) is 34.8 Å². The molecule has 4 rings (SSSR count). The highest BCUT2D eigenvalue weighted by atomic mass is 35.5. The number of ether oxygens (including phenoxy) is 4. The van der Waals surface area contributed by atoms with E-state index in [2.05, 4.69) is 16.3 Å². The van der Waals surface area contributed by atoms with E-state index in [0.29, 0.717) is 23.6 Å². The molecule has 162 valence electrons. The first kappa shape index (κ1) is 22.1. The molecule has 0 aliphatic carbocycles. The minimum absolute atomic E-state index is 0. The summed E-state index contributed by atoms with van der Waals surface area (Å²) >= 11 is 0. The van der Waals surface area contributed by atoms with E-state index in [0.717, 1.165) is 30.2 Å². The Morgan fingerprint density at radius 2 is 1.70 bits per heavy atom. The number of halogens is 1. The zero-order valence-electron chi connectivity index (χ0n) is 17.2. The summed E-state index contributed by atoms with van der Waals surface area (Å²) < 4.78 is 21.5. The van der Waals surface area contributed by atoms with Gasteiger partial charge in [0.15, 0.2) is 11.5 Å². The fraction of sp³-hybridized carbons (Fsp3) is 0.409. The molecule has 2 heterocycles. The highest BCUT2D eigenvalue weighted by Gasteiger charge is 2.26. The molecule has 2 aromatic rings. The van der Waals surface area contributed by atoms with E-state index in [1.54, 1.807) is 32.4 Å². The third-order valence-electron chi connectivity index (χ3n) is 5.43. The second-order valence-electron chi connectivity index (χ2n) is 7.18. The fourth-order valence-electron chi connectivity index (χ4n) is 3.86. The van der Waals surface area contributed by atoms with E-state index in [1.807, 2.05) is 12.1 Å². The van der Waals surface area contributed by atoms with Crippen molar-refractivity contribution in [3.8, 4) is 23.0 Å². The van der Waals surface area contributed by atoms with Crippen molar-refractivity contribution < 1.29 is 23.7 Å². The van der Waals surface area contributed by atoms with Gasteiger partial charge in [-0.15, -0.1) is 12.4 Å². The van der Waals surface area contributed by atoms with Crippen molar-refractivity contribution in [2.45, 2.75) is 18.9 Å². The van der Waals surface area contributed by atoms with E-state index in [-0.39, 0.29) is 31.1 Å². The topological polar surface area (TPSA) is 69.3 Å². The largest absolute Gasteiger partial charge is 0.497 e. The molecule has 1 amide bonds. The lowest BCUT2D eigenvalue weighted by Crippen LogP contribution is -2.36. The molecule has 0 saturated carbocycles. The molecule has 8 heteroatoms. The highest BCUT2D eigenvalue weighted by Crippen LogP contribution is 2.36. The van der Waals surface area contributed by atoms with Crippen LogP contribution >= 0.6 is 12.4 Å². The number of benzene rings is 2. The molecule has 0 aromatic heterocycles. The maximum atomic E-state index is 12.8. The Morgan fingerprint density at radius 1 is 1.03 bits per heavy atom. The molecule has 1 N–H and O–H groups in total. The Labute approximate surface area is 182 Å². The molecule has 1 unspecified atom stereocenters. The predicted molar refractivity (Wildman–Crippen MR) is 115 cm³/mol. The van der Waals surface area contributed by atoms with Gasteiger partial charge >= 0.3 is 0 Å². The van der Waals surface area contributed by atoms with Crippen LogP contribution < -0.4 is 24.3 Å². The first-order chi connectivity index (χ1) is 14.2. The highest BCUT2D eigenvalue weighted by molar-refractivity contribution is 5.95. The Hall–Kier alpha value is -2.64. The van der Waals surface area contributed by atoms with Crippen molar-refractivity contribution in [3.63, 3.8) is 0 Å². The number of carbonyl (C=O) groups is 1. The summed E-state index contributed by atoms with van der Waals surface area (Å²) in [7, 11) is 3.14. The van der Waals surface area contributed by atoms with Crippen LogP contribution in [0, 0.1) is 0 Å². The molecule has 7 nitrogen and oxygen atoms in total. The van der Waals surface area contributed by atoms with Gasteiger partial charge in [0, 0.05) is 18.2 Å². The Balaban J connectivity index is 0.00000256. The number of likely N-dealkylation sites (tertiary alicyclic amines) is 1. The first-order valence-corrected chi connectivity index (χ1v) is 9.83. The number of hydrogen-bond acceptors (Lipinski definition) is 6. The maximum Gasteiger partial charge on any atom is 0.251 e. The van der Waals surface area contributed by atoms with Crippen molar-refractivity contribution in [3.05, 3.63) is 47.5 Å². The molecule has 0 radical (unpaired) electrons. The second-order valence-corrected chi connectivity index (χ2v) is 7.18. The molecule has 1 saturated heterocycles. The van der Waals surface area contributed by atoms with Gasteiger partial charge in [-0.25, -0.2) is 0 Å². The lowest BCUT2D eigenvalue weighted by molar-refractivity contribution is 0.0937. The van der Waals surface area contributed by atoms with E-state index in [9.17, 15) is 4.79 Å². The van der Waals surface area contributed by atoms with Crippen molar-refractivity contribution in [2.75, 3.05) is 40.6 Å². The van der Waals surface area contributed by atoms with Crippen LogP contribution in [-0.4, -0.2) is 51.5 Å². The zero-order chi connectivity index (χ0) is 20.2. The van der Waals surface area contributed by atoms with E-state index >= 15 is 0 Å². The second kappa shape index (κ2) is 9.91. The number of fused-ring (bicyclic) bond motifs is 1. The van der Waals surface area contributed by atoms with E-state index < -0.39 is 0 Å². The van der Waals surface area contributed by atoms with Gasteiger partial charge in [-0.3, -0.25) is 9.69 Å². The van der Waals surface area contributed by atoms with Crippen molar-refractivity contribution in [1.29, 1.82) is 0 Å². The van der Waals surface area contributed by atoms with Crippen LogP contribution in [0.2, 0.25) is 0 Å². The Bertz CT molecular complexity index is 864. The number of amides is 1. The van der Waals surface area contributed by atoms with Crippen LogP contribution in [0.5, 0.6) is 23.0 Å². The predicted octanol–water partition coefficient (Wildman–Crippen LogP) is 3.42. The summed E-state index contributed by atoms with van der Waals surface area (Å²) in [5.41, 5.74) is 1.62. The molecule has 1 atom stereocenters. The minimum Gasteiger partial charge on any atom is -0.497 e. The number of hydrogen-bond donors (Lipinski definition) is 1. The maximum absolute atomic E-state index is 12.8. The third-order valence-corrected chi connectivity index (χ3v) is 5.43. The van der Waals surface area contributed by atoms with Gasteiger partial charge in [0.1, 0.15) is 11.5 Å². The van der Waals surface area contributed by atoms with Gasteiger partial charge in [0.2, 0.25) is 6.79 Å². The summed E-state index contributed by atoms with van der Waals surface area (Å²) in [5, 5.41) is 3.08. The molecule has 2 aliphatic heterocycles. The smallest absolute Gasteiger partial charge is 0.251 e. The van der Waals surface area contributed by atoms with Gasteiger partial charge in [0.05, 0.1) is 20.3 Å². The fourth-order valence-corrected chi connectivity index (χ4v) is 3.86. The summed E-state index contributed by atoms with van der Waals surface area (Å²) in [6.07, 6.45) is 2.34. The van der Waals surface area contributed by atoms with E-state index in [4.69, 9.17) is 18.9 Å². The summed E-state index contributed by atoms with van der Waals surface area (Å²) in [6, 6.07) is 11.3. The monoisotopic (exact) mass is 434 g/mol. The van der Waals surface area contributed by atoms with Crippen LogP contribution in [0.3, 0.4) is 0 Å². The normalized spacial score (nSPS) is 15.9.